The van der Waals surface area contributed by atoms with E-state index >= 15 is 0 Å². The molecule has 0 aromatic carbocycles. The number of aliphatic imine (C=N–C) groups is 1. The van der Waals surface area contributed by atoms with Crippen LogP contribution in [0.5, 0.6) is 0 Å². The lowest BCUT2D eigenvalue weighted by molar-refractivity contribution is -0.110. The second kappa shape index (κ2) is 6.33. The van der Waals surface area contributed by atoms with E-state index in [2.05, 4.69) is 10.3 Å². The predicted molar refractivity (Wildman–Crippen MR) is 56.8 cm³/mol. The first-order chi connectivity index (χ1) is 6.12. The van der Waals surface area contributed by atoms with Crippen LogP contribution in [0.1, 0.15) is 41.5 Å². The first-order valence-electron chi connectivity index (χ1n) is 4.43. The Kier molecular flexibility index (Phi) is 6.93. The molecule has 1 N–H and O–H groups in total. The van der Waals surface area contributed by atoms with Crippen molar-refractivity contribution in [3.63, 3.8) is 0 Å². The van der Waals surface area contributed by atoms with Gasteiger partial charge < -0.3 is 5.32 Å². The summed E-state index contributed by atoms with van der Waals surface area (Å²) in [5, 5.41) is 2.60. The third-order valence-electron chi connectivity index (χ3n) is 0.873. The van der Waals surface area contributed by atoms with Gasteiger partial charge in [0.1, 0.15) is 0 Å². The molecule has 0 bridgehead atoms. The van der Waals surface area contributed by atoms with Crippen molar-refractivity contribution in [1.29, 1.82) is 0 Å². The summed E-state index contributed by atoms with van der Waals surface area (Å²) in [6.07, 6.45) is 2.19. The van der Waals surface area contributed by atoms with Crippen LogP contribution in [0.25, 0.3) is 0 Å². The van der Waals surface area contributed by atoms with Crippen LogP contribution in [0.2, 0.25) is 0 Å². The molecule has 0 rings (SSSR count). The van der Waals surface area contributed by atoms with Gasteiger partial charge in [-0.05, 0) is 41.5 Å². The van der Waals surface area contributed by atoms with Gasteiger partial charge in [-0.2, -0.15) is 0 Å². The van der Waals surface area contributed by atoms with Crippen molar-refractivity contribution in [3.05, 3.63) is 0 Å². The molecule has 0 atom stereocenters. The van der Waals surface area contributed by atoms with Crippen LogP contribution >= 0.6 is 0 Å². The van der Waals surface area contributed by atoms with Crippen LogP contribution in [0.3, 0.4) is 0 Å². The Bertz CT molecular complexity index is 205. The summed E-state index contributed by atoms with van der Waals surface area (Å²) < 4.78 is 0. The number of nitrogens with zero attached hydrogens (tertiary/aromatic N) is 1. The first-order valence-corrected chi connectivity index (χ1v) is 4.43. The third kappa shape index (κ3) is 22.4. The number of carbonyl (C=O) groups excluding carboxylic acids is 2. The lowest BCUT2D eigenvalue weighted by Gasteiger charge is -2.15. The minimum Gasteiger partial charge on any atom is -0.354 e. The fraction of sp³-hybridized carbons (Fsp3) is 0.800. The lowest BCUT2D eigenvalue weighted by atomic mass is 10.1. The molecule has 0 aliphatic carbocycles. The van der Waals surface area contributed by atoms with E-state index in [9.17, 15) is 9.59 Å². The lowest BCUT2D eigenvalue weighted by Crippen LogP contribution is -2.34. The van der Waals surface area contributed by atoms with E-state index in [-0.39, 0.29) is 11.1 Å². The Hall–Kier alpha value is -1.15. The summed E-state index contributed by atoms with van der Waals surface area (Å²) >= 11 is 0. The van der Waals surface area contributed by atoms with E-state index < -0.39 is 0 Å². The van der Waals surface area contributed by atoms with E-state index in [0.717, 1.165) is 0 Å². The smallest absolute Gasteiger partial charge is 0.235 e. The van der Waals surface area contributed by atoms with Gasteiger partial charge >= 0.3 is 0 Å². The quantitative estimate of drug-likeness (QED) is 0.397. The number of rotatable bonds is 1. The fourth-order valence-corrected chi connectivity index (χ4v) is 0.314. The zero-order chi connectivity index (χ0) is 11.8. The highest BCUT2D eigenvalue weighted by Gasteiger charge is 2.04. The predicted octanol–water partition coefficient (Wildman–Crippen LogP) is 1.65. The van der Waals surface area contributed by atoms with Crippen LogP contribution in [-0.2, 0) is 9.59 Å². The van der Waals surface area contributed by atoms with Gasteiger partial charge in [0.15, 0.2) is 0 Å². The van der Waals surface area contributed by atoms with E-state index in [0.29, 0.717) is 6.41 Å². The molecule has 4 heteroatoms. The number of hydrogen-bond donors (Lipinski definition) is 1. The van der Waals surface area contributed by atoms with E-state index in [1.165, 1.54) is 6.08 Å². The Morgan fingerprint density at radius 1 is 1.14 bits per heavy atom. The SMILES string of the molecule is CC(C)(C)N=C=O.CC(C)(C)NC=O. The molecule has 0 fully saturated rings. The normalized spacial score (nSPS) is 10.4. The van der Waals surface area contributed by atoms with Gasteiger partial charge in [-0.3, -0.25) is 4.79 Å². The Labute approximate surface area is 85.8 Å². The summed E-state index contributed by atoms with van der Waals surface area (Å²) in [5.74, 6) is 0. The second-order valence-corrected chi connectivity index (χ2v) is 4.89. The van der Waals surface area contributed by atoms with Gasteiger partial charge in [0.25, 0.3) is 0 Å². The Balaban J connectivity index is 0. The fourth-order valence-electron chi connectivity index (χ4n) is 0.314. The largest absolute Gasteiger partial charge is 0.354 e. The summed E-state index contributed by atoms with van der Waals surface area (Å²) in [5.41, 5.74) is -0.316. The standard InChI is InChI=1S/C5H11NO.C5H9NO/c2*1-5(2,3)6-4-7/h4H,1-3H3,(H,6,7);1-3H3. The summed E-state index contributed by atoms with van der Waals surface area (Å²) in [6, 6.07) is 0. The van der Waals surface area contributed by atoms with Gasteiger partial charge in [-0.25, -0.2) is 9.79 Å². The molecule has 0 aliphatic rings. The Morgan fingerprint density at radius 2 is 1.57 bits per heavy atom. The van der Waals surface area contributed by atoms with E-state index in [1.807, 2.05) is 41.5 Å². The number of amides is 1. The highest BCUT2D eigenvalue weighted by molar-refractivity contribution is 5.47. The molecule has 0 aromatic rings. The summed E-state index contributed by atoms with van der Waals surface area (Å²) in [6.45, 7) is 11.3. The zero-order valence-electron chi connectivity index (χ0n) is 9.84. The highest BCUT2D eigenvalue weighted by atomic mass is 16.1. The number of carbonyl (C=O) groups is 1. The monoisotopic (exact) mass is 200 g/mol. The summed E-state index contributed by atoms with van der Waals surface area (Å²) in [4.78, 5) is 22.7. The molecule has 1 amide bonds. The average molecular weight is 200 g/mol. The third-order valence-corrected chi connectivity index (χ3v) is 0.873. The number of hydrogen-bond acceptors (Lipinski definition) is 3. The maximum Gasteiger partial charge on any atom is 0.235 e. The van der Waals surface area contributed by atoms with Gasteiger partial charge in [-0.1, -0.05) is 0 Å². The average Bonchev–Trinajstić information content (AvgIpc) is 1.81. The van der Waals surface area contributed by atoms with E-state index in [1.54, 1.807) is 0 Å². The van der Waals surface area contributed by atoms with Gasteiger partial charge in [0, 0.05) is 5.54 Å². The topological polar surface area (TPSA) is 58.5 Å². The molecule has 0 heterocycles. The van der Waals surface area contributed by atoms with Crippen molar-refractivity contribution in [1.82, 2.24) is 5.32 Å². The van der Waals surface area contributed by atoms with Gasteiger partial charge in [0.05, 0.1) is 5.54 Å². The van der Waals surface area contributed by atoms with Gasteiger partial charge in [-0.15, -0.1) is 0 Å². The summed E-state index contributed by atoms with van der Waals surface area (Å²) in [7, 11) is 0. The van der Waals surface area contributed by atoms with Crippen molar-refractivity contribution in [2.24, 2.45) is 4.99 Å². The van der Waals surface area contributed by atoms with Crippen molar-refractivity contribution >= 4 is 12.5 Å². The second-order valence-electron chi connectivity index (χ2n) is 4.89. The van der Waals surface area contributed by atoms with Crippen LogP contribution in [0.4, 0.5) is 0 Å². The molecule has 14 heavy (non-hydrogen) atoms. The van der Waals surface area contributed by atoms with Crippen LogP contribution in [-0.4, -0.2) is 23.6 Å². The highest BCUT2D eigenvalue weighted by Crippen LogP contribution is 2.02. The van der Waals surface area contributed by atoms with Gasteiger partial charge in [0.2, 0.25) is 12.5 Å². The molecular formula is C10H20N2O2. The van der Waals surface area contributed by atoms with Crippen molar-refractivity contribution in [2.45, 2.75) is 52.6 Å². The van der Waals surface area contributed by atoms with Crippen LogP contribution in [0.15, 0.2) is 4.99 Å². The molecule has 4 nitrogen and oxygen atoms in total. The van der Waals surface area contributed by atoms with Crippen molar-refractivity contribution in [2.75, 3.05) is 0 Å². The minimum atomic E-state index is -0.248. The van der Waals surface area contributed by atoms with E-state index in [4.69, 9.17) is 0 Å². The van der Waals surface area contributed by atoms with Crippen molar-refractivity contribution < 1.29 is 9.59 Å². The molecule has 0 spiro atoms. The van der Waals surface area contributed by atoms with Crippen LogP contribution < -0.4 is 5.32 Å². The van der Waals surface area contributed by atoms with Crippen molar-refractivity contribution in [3.8, 4) is 0 Å². The molecule has 0 unspecified atom stereocenters. The molecule has 0 radical (unpaired) electrons. The molecule has 82 valence electrons. The Morgan fingerprint density at radius 3 is 1.57 bits per heavy atom. The first kappa shape index (κ1) is 15.3. The number of isocyanates is 1. The molecule has 0 aromatic heterocycles. The maximum absolute atomic E-state index is 9.71. The minimum absolute atomic E-state index is 0.0677. The van der Waals surface area contributed by atoms with Crippen LogP contribution in [0, 0.1) is 0 Å². The molecule has 0 saturated carbocycles. The molecule has 0 aliphatic heterocycles. The maximum atomic E-state index is 9.71. The number of nitrogens with one attached hydrogen (secondary N) is 1. The molecule has 0 saturated heterocycles. The molecular weight excluding hydrogens is 180 g/mol. The zero-order valence-corrected chi connectivity index (χ0v) is 9.84.